The van der Waals surface area contributed by atoms with Crippen LogP contribution in [0, 0.1) is 16.7 Å². The number of rotatable bonds is 6. The molecule has 2 aromatic heterocycles. The lowest BCUT2D eigenvalue weighted by molar-refractivity contribution is 0.00693. The Morgan fingerprint density at radius 1 is 1.21 bits per heavy atom. The monoisotopic (exact) mass is 415 g/mol. The second-order valence-corrected chi connectivity index (χ2v) is 9.97. The van der Waals surface area contributed by atoms with Gasteiger partial charge < -0.3 is 9.47 Å². The molecule has 0 saturated heterocycles. The van der Waals surface area contributed by atoms with E-state index < -0.39 is 11.6 Å². The zero-order valence-corrected chi connectivity index (χ0v) is 17.8. The summed E-state index contributed by atoms with van der Waals surface area (Å²) in [5, 5.41) is 4.52. The van der Waals surface area contributed by atoms with Crippen LogP contribution in [-0.4, -0.2) is 32.9 Å². The summed E-state index contributed by atoms with van der Waals surface area (Å²) in [7, 11) is 0. The lowest BCUT2D eigenvalue weighted by Gasteiger charge is -2.19. The molecule has 2 aromatic rings. The fourth-order valence-electron chi connectivity index (χ4n) is 5.19. The number of pyridine rings is 1. The zero-order chi connectivity index (χ0) is 20.4. The summed E-state index contributed by atoms with van der Waals surface area (Å²) in [6.07, 6.45) is 8.62. The zero-order valence-electron chi connectivity index (χ0n) is 17.1. The van der Waals surface area contributed by atoms with Crippen molar-refractivity contribution in [2.45, 2.75) is 58.5 Å². The summed E-state index contributed by atoms with van der Waals surface area (Å²) in [6, 6.07) is 5.13. The Balaban J connectivity index is 1.20. The van der Waals surface area contributed by atoms with Crippen molar-refractivity contribution in [2.24, 2.45) is 16.7 Å². The summed E-state index contributed by atoms with van der Waals surface area (Å²) < 4.78 is 12.8. The molecular weight excluding hydrogens is 390 g/mol. The van der Waals surface area contributed by atoms with Crippen molar-refractivity contribution in [3.63, 3.8) is 0 Å². The molecule has 2 spiro atoms. The first-order valence-electron chi connectivity index (χ1n) is 10.3. The summed E-state index contributed by atoms with van der Waals surface area (Å²) in [5.74, 6) is 1.48. The smallest absolute Gasteiger partial charge is 0.341 e. The highest BCUT2D eigenvalue weighted by Crippen LogP contribution is 2.93. The molecule has 0 aliphatic heterocycles. The van der Waals surface area contributed by atoms with Gasteiger partial charge in [0, 0.05) is 12.3 Å². The first-order chi connectivity index (χ1) is 13.7. The van der Waals surface area contributed by atoms with Gasteiger partial charge in [-0.2, -0.15) is 0 Å². The van der Waals surface area contributed by atoms with E-state index in [9.17, 15) is 4.79 Å². The maximum atomic E-state index is 12.2. The van der Waals surface area contributed by atoms with Gasteiger partial charge >= 0.3 is 5.97 Å². The first-order valence-corrected chi connectivity index (χ1v) is 10.7. The number of esters is 1. The van der Waals surface area contributed by atoms with E-state index >= 15 is 0 Å². The molecule has 2 heterocycles. The van der Waals surface area contributed by atoms with E-state index in [1.165, 1.54) is 25.7 Å². The summed E-state index contributed by atoms with van der Waals surface area (Å²) in [6.45, 7) is 6.13. The quantitative estimate of drug-likeness (QED) is 0.499. The number of carbonyl (C=O) groups is 1. The van der Waals surface area contributed by atoms with Crippen LogP contribution in [-0.2, 0) is 4.74 Å². The fourth-order valence-corrected chi connectivity index (χ4v) is 5.41. The highest BCUT2D eigenvalue weighted by atomic mass is 35.5. The van der Waals surface area contributed by atoms with Gasteiger partial charge in [-0.1, -0.05) is 11.6 Å². The topological polar surface area (TPSA) is 66.2 Å². The molecule has 3 saturated carbocycles. The molecule has 0 unspecified atom stereocenters. The third-order valence-corrected chi connectivity index (χ3v) is 7.02. The molecule has 7 heteroatoms. The van der Waals surface area contributed by atoms with Crippen LogP contribution < -0.4 is 4.74 Å². The van der Waals surface area contributed by atoms with E-state index in [4.69, 9.17) is 21.1 Å². The predicted octanol–water partition coefficient (Wildman–Crippen LogP) is 4.84. The number of ether oxygens (including phenoxy) is 2. The average Bonchev–Trinajstić information content (AvgIpc) is 3.58. The minimum Gasteiger partial charge on any atom is -0.477 e. The Morgan fingerprint density at radius 3 is 2.48 bits per heavy atom. The molecule has 0 aromatic carbocycles. The van der Waals surface area contributed by atoms with Gasteiger partial charge in [0.2, 0.25) is 5.88 Å². The fraction of sp³-hybridized carbons (Fsp3) is 0.591. The van der Waals surface area contributed by atoms with Crippen molar-refractivity contribution in [1.82, 2.24) is 14.8 Å². The van der Waals surface area contributed by atoms with Crippen LogP contribution in [0.1, 0.15) is 63.2 Å². The van der Waals surface area contributed by atoms with E-state index in [2.05, 4.69) is 10.1 Å². The molecule has 5 rings (SSSR count). The van der Waals surface area contributed by atoms with Gasteiger partial charge in [-0.3, -0.25) is 0 Å². The van der Waals surface area contributed by atoms with E-state index in [1.807, 2.05) is 26.8 Å². The largest absolute Gasteiger partial charge is 0.477 e. The maximum Gasteiger partial charge on any atom is 0.341 e. The molecule has 0 amide bonds. The number of fused-ring (bicyclic) bond motifs is 1. The van der Waals surface area contributed by atoms with Gasteiger partial charge in [0.1, 0.15) is 10.8 Å². The van der Waals surface area contributed by atoms with Crippen LogP contribution in [0.25, 0.3) is 5.82 Å². The highest BCUT2D eigenvalue weighted by molar-refractivity contribution is 6.32. The number of hydrogen-bond donors (Lipinski definition) is 0. The minimum atomic E-state index is -0.591. The highest BCUT2D eigenvalue weighted by Gasteiger charge is 2.85. The van der Waals surface area contributed by atoms with Crippen LogP contribution in [0.5, 0.6) is 5.88 Å². The van der Waals surface area contributed by atoms with Crippen LogP contribution in [0.3, 0.4) is 0 Å². The van der Waals surface area contributed by atoms with Gasteiger partial charge in [-0.05, 0) is 81.8 Å². The van der Waals surface area contributed by atoms with E-state index in [0.29, 0.717) is 29.1 Å². The molecule has 0 N–H and O–H groups in total. The number of aromatic nitrogens is 3. The number of halogens is 1. The van der Waals surface area contributed by atoms with Gasteiger partial charge in [0.15, 0.2) is 5.82 Å². The van der Waals surface area contributed by atoms with Crippen molar-refractivity contribution in [3.05, 3.63) is 35.1 Å². The van der Waals surface area contributed by atoms with E-state index in [1.54, 1.807) is 23.0 Å². The number of carbonyl (C=O) groups excluding carboxylic acids is 1. The molecule has 0 radical (unpaired) electrons. The SMILES string of the molecule is CC(C)(C)OC(=O)c1ccc(-n2ccc(OCCC3C4(CC4)C34CC4)n2)nc1Cl. The van der Waals surface area contributed by atoms with E-state index in [0.717, 1.165) is 12.3 Å². The Hall–Kier alpha value is -2.08. The Morgan fingerprint density at radius 2 is 1.90 bits per heavy atom. The number of nitrogens with zero attached hydrogens (tertiary/aromatic N) is 3. The van der Waals surface area contributed by atoms with Crippen molar-refractivity contribution in [3.8, 4) is 11.7 Å². The lowest BCUT2D eigenvalue weighted by atomic mass is 10.2. The first kappa shape index (κ1) is 18.9. The number of hydrogen-bond acceptors (Lipinski definition) is 5. The third-order valence-electron chi connectivity index (χ3n) is 6.73. The van der Waals surface area contributed by atoms with E-state index in [-0.39, 0.29) is 10.7 Å². The van der Waals surface area contributed by atoms with Gasteiger partial charge in [-0.15, -0.1) is 5.10 Å². The molecule has 3 aliphatic rings. The van der Waals surface area contributed by atoms with Gasteiger partial charge in [-0.25, -0.2) is 14.5 Å². The molecule has 0 atom stereocenters. The van der Waals surface area contributed by atoms with Crippen LogP contribution in [0.4, 0.5) is 0 Å². The summed E-state index contributed by atoms with van der Waals surface area (Å²) in [5.41, 5.74) is 1.08. The molecule has 0 bridgehead atoms. The lowest BCUT2D eigenvalue weighted by Crippen LogP contribution is -2.24. The molecule has 3 fully saturated rings. The van der Waals surface area contributed by atoms with Crippen molar-refractivity contribution < 1.29 is 14.3 Å². The van der Waals surface area contributed by atoms with Gasteiger partial charge in [0.05, 0.1) is 12.2 Å². The molecule has 154 valence electrons. The summed E-state index contributed by atoms with van der Waals surface area (Å²) >= 11 is 6.22. The molecule has 3 aliphatic carbocycles. The third kappa shape index (κ3) is 3.21. The van der Waals surface area contributed by atoms with Crippen molar-refractivity contribution in [2.75, 3.05) is 6.61 Å². The summed E-state index contributed by atoms with van der Waals surface area (Å²) in [4.78, 5) is 16.5. The predicted molar refractivity (Wildman–Crippen MR) is 108 cm³/mol. The Labute approximate surface area is 175 Å². The molecule has 6 nitrogen and oxygen atoms in total. The standard InChI is InChI=1S/C22H26ClN3O3/c1-20(2,3)29-19(27)14-4-5-16(24-18(14)23)26-12-6-17(25-26)28-13-7-15-21(8-9-21)22(15)10-11-22/h4-6,12,15H,7-11,13H2,1-3H3. The van der Waals surface area contributed by atoms with Crippen LogP contribution >= 0.6 is 11.6 Å². The van der Waals surface area contributed by atoms with Gasteiger partial charge in [0.25, 0.3) is 0 Å². The minimum absolute atomic E-state index is 0.0907. The molecule has 29 heavy (non-hydrogen) atoms. The Kier molecular flexibility index (Phi) is 4.05. The second-order valence-electron chi connectivity index (χ2n) is 9.61. The van der Waals surface area contributed by atoms with Crippen LogP contribution in [0.15, 0.2) is 24.4 Å². The van der Waals surface area contributed by atoms with Crippen LogP contribution in [0.2, 0.25) is 5.15 Å². The normalized spacial score (nSPS) is 20.7. The Bertz CT molecular complexity index is 952. The van der Waals surface area contributed by atoms with Crippen molar-refractivity contribution in [1.29, 1.82) is 0 Å². The molecular formula is C22H26ClN3O3. The second kappa shape index (κ2) is 6.21. The average molecular weight is 416 g/mol. The van der Waals surface area contributed by atoms with Crippen molar-refractivity contribution >= 4 is 17.6 Å². The maximum absolute atomic E-state index is 12.2.